The van der Waals surface area contributed by atoms with Gasteiger partial charge in [-0.2, -0.15) is 0 Å². The molecule has 2 unspecified atom stereocenters. The average Bonchev–Trinajstić information content (AvgIpc) is 2.15. The number of hydrogen-bond acceptors (Lipinski definition) is 0. The zero-order valence-electron chi connectivity index (χ0n) is 10.2. The largest absolute Gasteiger partial charge is 0.207 e. The molecule has 0 fully saturated rings. The Morgan fingerprint density at radius 3 is 2.20 bits per heavy atom. The first-order chi connectivity index (χ1) is 6.95. The summed E-state index contributed by atoms with van der Waals surface area (Å²) in [6, 6.07) is 1.70. The Labute approximate surface area is 91.5 Å². The molecule has 0 heterocycles. The summed E-state index contributed by atoms with van der Waals surface area (Å²) in [7, 11) is 0. The summed E-state index contributed by atoms with van der Waals surface area (Å²) in [6.07, 6.45) is 0. The third kappa shape index (κ3) is 1.32. The van der Waals surface area contributed by atoms with Crippen LogP contribution in [0, 0.1) is 12.7 Å². The minimum absolute atomic E-state index is 0.0139. The maximum atomic E-state index is 13.9. The van der Waals surface area contributed by atoms with Crippen LogP contribution in [0.15, 0.2) is 6.07 Å². The molecule has 1 aromatic rings. The molecule has 0 amide bonds. The van der Waals surface area contributed by atoms with Crippen molar-refractivity contribution in [1.29, 1.82) is 0 Å². The lowest BCUT2D eigenvalue weighted by molar-refractivity contribution is 0.503. The summed E-state index contributed by atoms with van der Waals surface area (Å²) in [5.41, 5.74) is 4.75. The number of aryl methyl sites for hydroxylation is 1. The van der Waals surface area contributed by atoms with E-state index in [1.807, 2.05) is 6.92 Å². The predicted octanol–water partition coefficient (Wildman–Crippen LogP) is 4.48. The molecule has 0 bridgehead atoms. The third-order valence-corrected chi connectivity index (χ3v) is 3.84. The first-order valence-corrected chi connectivity index (χ1v) is 5.78. The molecule has 82 valence electrons. The van der Waals surface area contributed by atoms with Gasteiger partial charge in [-0.1, -0.05) is 27.7 Å². The van der Waals surface area contributed by atoms with Gasteiger partial charge in [0.15, 0.2) is 0 Å². The van der Waals surface area contributed by atoms with Crippen LogP contribution >= 0.6 is 0 Å². The third-order valence-electron chi connectivity index (χ3n) is 3.84. The van der Waals surface area contributed by atoms with Gasteiger partial charge in [0.25, 0.3) is 0 Å². The molecule has 1 aliphatic rings. The van der Waals surface area contributed by atoms with Gasteiger partial charge in [0.1, 0.15) is 5.82 Å². The molecule has 0 radical (unpaired) electrons. The number of fused-ring (bicyclic) bond motifs is 1. The summed E-state index contributed by atoms with van der Waals surface area (Å²) in [5, 5.41) is 0. The molecule has 0 N–H and O–H groups in total. The molecule has 2 rings (SSSR count). The van der Waals surface area contributed by atoms with Gasteiger partial charge in [0.2, 0.25) is 0 Å². The van der Waals surface area contributed by atoms with E-state index in [4.69, 9.17) is 0 Å². The normalized spacial score (nSPS) is 23.9. The van der Waals surface area contributed by atoms with Crippen molar-refractivity contribution >= 4 is 0 Å². The van der Waals surface area contributed by atoms with E-state index in [9.17, 15) is 4.39 Å². The van der Waals surface area contributed by atoms with Gasteiger partial charge >= 0.3 is 0 Å². The Hall–Kier alpha value is -0.850. The molecule has 1 aliphatic carbocycles. The fourth-order valence-corrected chi connectivity index (χ4v) is 2.92. The van der Waals surface area contributed by atoms with Crippen LogP contribution in [0.5, 0.6) is 0 Å². The van der Waals surface area contributed by atoms with Crippen LogP contribution in [0.2, 0.25) is 0 Å². The van der Waals surface area contributed by atoms with E-state index in [0.717, 1.165) is 11.1 Å². The van der Waals surface area contributed by atoms with Crippen LogP contribution in [0.4, 0.5) is 4.39 Å². The summed E-state index contributed by atoms with van der Waals surface area (Å²) in [5.74, 6) is 1.39. The Balaban J connectivity index is 2.68. The van der Waals surface area contributed by atoms with Crippen LogP contribution < -0.4 is 0 Å². The van der Waals surface area contributed by atoms with Gasteiger partial charge in [-0.15, -0.1) is 0 Å². The van der Waals surface area contributed by atoms with Gasteiger partial charge in [0.05, 0.1) is 0 Å². The maximum absolute atomic E-state index is 13.9. The van der Waals surface area contributed by atoms with Gasteiger partial charge in [-0.25, -0.2) is 4.39 Å². The van der Waals surface area contributed by atoms with E-state index < -0.39 is 0 Å². The fourth-order valence-electron chi connectivity index (χ4n) is 2.92. The van der Waals surface area contributed by atoms with Gasteiger partial charge in [-0.3, -0.25) is 0 Å². The minimum Gasteiger partial charge on any atom is -0.207 e. The number of halogens is 1. The summed E-state index contributed by atoms with van der Waals surface area (Å²) < 4.78 is 13.9. The quantitative estimate of drug-likeness (QED) is 0.635. The molecular weight excluding hydrogens is 187 g/mol. The molecule has 1 aromatic carbocycles. The van der Waals surface area contributed by atoms with Crippen molar-refractivity contribution < 1.29 is 4.39 Å². The Morgan fingerprint density at radius 1 is 1.13 bits per heavy atom. The van der Waals surface area contributed by atoms with Gasteiger partial charge in [-0.05, 0) is 53.0 Å². The highest BCUT2D eigenvalue weighted by atomic mass is 19.1. The predicted molar refractivity (Wildman–Crippen MR) is 62.1 cm³/mol. The van der Waals surface area contributed by atoms with E-state index in [-0.39, 0.29) is 11.7 Å². The molecule has 0 saturated carbocycles. The van der Waals surface area contributed by atoms with Crippen LogP contribution in [0.25, 0.3) is 0 Å². The van der Waals surface area contributed by atoms with Crippen LogP contribution in [-0.4, -0.2) is 0 Å². The second kappa shape index (κ2) is 3.33. The lowest BCUT2D eigenvalue weighted by atomic mass is 9.65. The highest BCUT2D eigenvalue weighted by Gasteiger charge is 2.36. The smallest absolute Gasteiger partial charge is 0.127 e. The molecule has 0 aliphatic heterocycles. The van der Waals surface area contributed by atoms with Crippen LogP contribution in [-0.2, 0) is 0 Å². The topological polar surface area (TPSA) is 0 Å². The summed E-state index contributed by atoms with van der Waals surface area (Å²) in [4.78, 5) is 0. The van der Waals surface area contributed by atoms with E-state index in [1.54, 1.807) is 6.07 Å². The zero-order valence-corrected chi connectivity index (χ0v) is 10.2. The van der Waals surface area contributed by atoms with Crippen molar-refractivity contribution in [2.24, 2.45) is 0 Å². The molecule has 0 nitrogen and oxygen atoms in total. The van der Waals surface area contributed by atoms with E-state index in [2.05, 4.69) is 27.7 Å². The van der Waals surface area contributed by atoms with Crippen LogP contribution in [0.1, 0.15) is 67.7 Å². The van der Waals surface area contributed by atoms with E-state index >= 15 is 0 Å². The molecule has 0 spiro atoms. The Kier molecular flexibility index (Phi) is 2.37. The van der Waals surface area contributed by atoms with Crippen molar-refractivity contribution in [3.63, 3.8) is 0 Å². The highest BCUT2D eigenvalue weighted by molar-refractivity contribution is 5.54. The molecule has 2 atom stereocenters. The van der Waals surface area contributed by atoms with E-state index in [0.29, 0.717) is 11.8 Å². The van der Waals surface area contributed by atoms with Crippen molar-refractivity contribution in [3.05, 3.63) is 34.1 Å². The number of hydrogen-bond donors (Lipinski definition) is 0. The van der Waals surface area contributed by atoms with Crippen molar-refractivity contribution in [2.45, 2.75) is 52.4 Å². The van der Waals surface area contributed by atoms with Crippen LogP contribution in [0.3, 0.4) is 0 Å². The van der Waals surface area contributed by atoms with Crippen molar-refractivity contribution in [3.8, 4) is 0 Å². The molecular formula is C14H19F. The lowest BCUT2D eigenvalue weighted by Crippen LogP contribution is -2.24. The molecule has 15 heavy (non-hydrogen) atoms. The first kappa shape index (κ1) is 10.7. The maximum Gasteiger partial charge on any atom is 0.127 e. The molecule has 1 heteroatoms. The van der Waals surface area contributed by atoms with Gasteiger partial charge < -0.3 is 0 Å². The number of benzene rings is 1. The van der Waals surface area contributed by atoms with E-state index in [1.165, 1.54) is 11.1 Å². The second-order valence-corrected chi connectivity index (χ2v) is 5.15. The highest BCUT2D eigenvalue weighted by Crippen LogP contribution is 2.51. The average molecular weight is 206 g/mol. The summed E-state index contributed by atoms with van der Waals surface area (Å²) >= 11 is 0. The molecule has 0 aromatic heterocycles. The fraction of sp³-hybridized carbons (Fsp3) is 0.571. The monoisotopic (exact) mass is 206 g/mol. The lowest BCUT2D eigenvalue weighted by Gasteiger charge is -2.39. The standard InChI is InChI=1S/C14H19F/c1-7(2)12-11(15)6-8(3)13-9(4)10(5)14(12)13/h6-7,9-10H,1-5H3. The zero-order chi connectivity index (χ0) is 11.3. The minimum atomic E-state index is -0.0139. The summed E-state index contributed by atoms with van der Waals surface area (Å²) in [6.45, 7) is 10.6. The second-order valence-electron chi connectivity index (χ2n) is 5.15. The Bertz CT molecular complexity index is 404. The number of rotatable bonds is 1. The van der Waals surface area contributed by atoms with Crippen molar-refractivity contribution in [2.75, 3.05) is 0 Å². The van der Waals surface area contributed by atoms with Gasteiger partial charge in [0, 0.05) is 0 Å². The molecule has 0 saturated heterocycles. The van der Waals surface area contributed by atoms with Crippen molar-refractivity contribution in [1.82, 2.24) is 0 Å². The first-order valence-electron chi connectivity index (χ1n) is 5.78. The Morgan fingerprint density at radius 2 is 1.67 bits per heavy atom. The SMILES string of the molecule is Cc1cc(F)c(C(C)C)c2c1C(C)C2C.